The van der Waals surface area contributed by atoms with Gasteiger partial charge >= 0.3 is 0 Å². The lowest BCUT2D eigenvalue weighted by atomic mass is 10.1. The number of hydrogen-bond donors (Lipinski definition) is 2. The molecule has 0 aliphatic carbocycles. The van der Waals surface area contributed by atoms with E-state index in [0.717, 1.165) is 11.3 Å². The maximum Gasteiger partial charge on any atom is 0.259 e. The molecular formula is C22H25N3O5. The lowest BCUT2D eigenvalue weighted by Gasteiger charge is -2.10. The van der Waals surface area contributed by atoms with E-state index in [2.05, 4.69) is 15.8 Å². The van der Waals surface area contributed by atoms with Crippen LogP contribution in [0.1, 0.15) is 18.1 Å². The second kappa shape index (κ2) is 11.3. The Labute approximate surface area is 175 Å². The molecule has 8 heteroatoms. The summed E-state index contributed by atoms with van der Waals surface area (Å²) < 4.78 is 15.6. The molecule has 158 valence electrons. The number of carbonyl (C=O) groups excluding carboxylic acids is 2. The number of amides is 2. The smallest absolute Gasteiger partial charge is 0.259 e. The summed E-state index contributed by atoms with van der Waals surface area (Å²) in [5, 5.41) is 6.56. The van der Waals surface area contributed by atoms with Gasteiger partial charge in [0, 0.05) is 17.7 Å². The summed E-state index contributed by atoms with van der Waals surface area (Å²) >= 11 is 0. The zero-order valence-corrected chi connectivity index (χ0v) is 17.4. The minimum atomic E-state index is -0.451. The number of hydrazone groups is 1. The van der Waals surface area contributed by atoms with Crippen LogP contribution in [0.5, 0.6) is 17.2 Å². The van der Waals surface area contributed by atoms with Crippen LogP contribution in [0.15, 0.2) is 53.6 Å². The van der Waals surface area contributed by atoms with E-state index in [1.165, 1.54) is 6.08 Å². The van der Waals surface area contributed by atoms with E-state index >= 15 is 0 Å². The standard InChI is InChI=1S/C22H25N3O5/c1-15(19-11-10-18(29-3)13-20(19)30-4)24-25-22(27)14-23-21(26)12-7-16-5-8-17(28-2)9-6-16/h5-13H,14H2,1-4H3,(H,23,26)(H,25,27)/b12-7-,24-15?. The molecule has 0 atom stereocenters. The molecule has 2 rings (SSSR count). The molecule has 0 saturated heterocycles. The highest BCUT2D eigenvalue weighted by atomic mass is 16.5. The van der Waals surface area contributed by atoms with Crippen molar-refractivity contribution in [2.45, 2.75) is 6.92 Å². The summed E-state index contributed by atoms with van der Waals surface area (Å²) in [7, 11) is 4.69. The first-order valence-corrected chi connectivity index (χ1v) is 9.12. The molecule has 0 spiro atoms. The van der Waals surface area contributed by atoms with Crippen LogP contribution in [0.4, 0.5) is 0 Å². The minimum Gasteiger partial charge on any atom is -0.497 e. The van der Waals surface area contributed by atoms with Gasteiger partial charge in [0.15, 0.2) is 0 Å². The number of carbonyl (C=O) groups is 2. The molecule has 30 heavy (non-hydrogen) atoms. The van der Waals surface area contributed by atoms with Gasteiger partial charge in [0.25, 0.3) is 5.91 Å². The van der Waals surface area contributed by atoms with Crippen LogP contribution in [-0.4, -0.2) is 45.4 Å². The zero-order valence-electron chi connectivity index (χ0n) is 17.4. The Bertz CT molecular complexity index is 936. The fourth-order valence-electron chi connectivity index (χ4n) is 2.46. The number of methoxy groups -OCH3 is 3. The molecule has 0 fully saturated rings. The second-order valence-electron chi connectivity index (χ2n) is 6.12. The van der Waals surface area contributed by atoms with Gasteiger partial charge in [-0.2, -0.15) is 5.10 Å². The fourth-order valence-corrected chi connectivity index (χ4v) is 2.46. The second-order valence-corrected chi connectivity index (χ2v) is 6.12. The van der Waals surface area contributed by atoms with Crippen LogP contribution in [-0.2, 0) is 9.59 Å². The van der Waals surface area contributed by atoms with Gasteiger partial charge in [0.05, 0.1) is 33.6 Å². The Hall–Kier alpha value is -3.81. The van der Waals surface area contributed by atoms with Crippen molar-refractivity contribution in [2.24, 2.45) is 5.10 Å². The monoisotopic (exact) mass is 411 g/mol. The Morgan fingerprint density at radius 1 is 0.967 bits per heavy atom. The van der Waals surface area contributed by atoms with Crippen molar-refractivity contribution in [1.82, 2.24) is 10.7 Å². The van der Waals surface area contributed by atoms with Crippen LogP contribution >= 0.6 is 0 Å². The summed E-state index contributed by atoms with van der Waals surface area (Å²) in [5.74, 6) is 1.11. The van der Waals surface area contributed by atoms with Crippen LogP contribution in [0.25, 0.3) is 6.08 Å². The van der Waals surface area contributed by atoms with Gasteiger partial charge in [-0.1, -0.05) is 12.1 Å². The summed E-state index contributed by atoms with van der Waals surface area (Å²) in [5.41, 5.74) is 4.51. The molecule has 0 bridgehead atoms. The molecule has 0 aliphatic rings. The number of ether oxygens (including phenoxy) is 3. The molecule has 0 radical (unpaired) electrons. The zero-order chi connectivity index (χ0) is 21.9. The van der Waals surface area contributed by atoms with Gasteiger partial charge < -0.3 is 19.5 Å². The van der Waals surface area contributed by atoms with E-state index in [9.17, 15) is 9.59 Å². The van der Waals surface area contributed by atoms with Crippen molar-refractivity contribution in [3.8, 4) is 17.2 Å². The summed E-state index contributed by atoms with van der Waals surface area (Å²) in [6.45, 7) is 1.53. The van der Waals surface area contributed by atoms with Crippen molar-refractivity contribution in [2.75, 3.05) is 27.9 Å². The predicted octanol–water partition coefficient (Wildman–Crippen LogP) is 2.38. The van der Waals surface area contributed by atoms with E-state index in [1.54, 1.807) is 64.7 Å². The third kappa shape index (κ3) is 6.66. The summed E-state index contributed by atoms with van der Waals surface area (Å²) in [6, 6.07) is 12.5. The van der Waals surface area contributed by atoms with E-state index in [4.69, 9.17) is 14.2 Å². The van der Waals surface area contributed by atoms with Gasteiger partial charge in [0.2, 0.25) is 5.91 Å². The van der Waals surface area contributed by atoms with Crippen molar-refractivity contribution in [1.29, 1.82) is 0 Å². The Morgan fingerprint density at radius 2 is 1.63 bits per heavy atom. The topological polar surface area (TPSA) is 98.2 Å². The van der Waals surface area contributed by atoms with Crippen molar-refractivity contribution < 1.29 is 23.8 Å². The average molecular weight is 411 g/mol. The van der Waals surface area contributed by atoms with Gasteiger partial charge in [-0.3, -0.25) is 9.59 Å². The highest BCUT2D eigenvalue weighted by Gasteiger charge is 2.09. The number of nitrogens with one attached hydrogen (secondary N) is 2. The third-order valence-electron chi connectivity index (χ3n) is 4.11. The first-order valence-electron chi connectivity index (χ1n) is 9.12. The molecule has 2 amide bonds. The molecule has 2 aromatic carbocycles. The van der Waals surface area contributed by atoms with Gasteiger partial charge in [-0.25, -0.2) is 5.43 Å². The van der Waals surface area contributed by atoms with E-state index in [-0.39, 0.29) is 6.54 Å². The Kier molecular flexibility index (Phi) is 8.43. The van der Waals surface area contributed by atoms with Gasteiger partial charge in [0.1, 0.15) is 17.2 Å². The maximum atomic E-state index is 12.0. The molecule has 8 nitrogen and oxygen atoms in total. The summed E-state index contributed by atoms with van der Waals surface area (Å²) in [4.78, 5) is 23.8. The normalized spacial score (nSPS) is 11.1. The molecule has 0 heterocycles. The van der Waals surface area contributed by atoms with Gasteiger partial charge in [-0.15, -0.1) is 0 Å². The lowest BCUT2D eigenvalue weighted by molar-refractivity contribution is -0.123. The largest absolute Gasteiger partial charge is 0.497 e. The van der Waals surface area contributed by atoms with Gasteiger partial charge in [-0.05, 0) is 42.8 Å². The number of nitrogens with zero attached hydrogens (tertiary/aromatic N) is 1. The molecule has 0 aromatic heterocycles. The van der Waals surface area contributed by atoms with Crippen LogP contribution in [0.3, 0.4) is 0 Å². The number of benzene rings is 2. The average Bonchev–Trinajstić information content (AvgIpc) is 2.79. The first-order chi connectivity index (χ1) is 14.5. The predicted molar refractivity (Wildman–Crippen MR) is 115 cm³/mol. The minimum absolute atomic E-state index is 0.206. The molecule has 2 N–H and O–H groups in total. The molecule has 0 unspecified atom stereocenters. The SMILES string of the molecule is COc1ccc(/C=C\C(=O)NCC(=O)NN=C(C)c2ccc(OC)cc2OC)cc1. The van der Waals surface area contributed by atoms with E-state index < -0.39 is 11.8 Å². The maximum absolute atomic E-state index is 12.0. The first kappa shape index (κ1) is 22.5. The Morgan fingerprint density at radius 3 is 2.27 bits per heavy atom. The highest BCUT2D eigenvalue weighted by Crippen LogP contribution is 2.25. The molecule has 2 aromatic rings. The third-order valence-corrected chi connectivity index (χ3v) is 4.11. The van der Waals surface area contributed by atoms with Crippen LogP contribution in [0.2, 0.25) is 0 Å². The van der Waals surface area contributed by atoms with E-state index in [1.807, 2.05) is 12.1 Å². The Balaban J connectivity index is 1.86. The van der Waals surface area contributed by atoms with Crippen LogP contribution < -0.4 is 25.0 Å². The highest BCUT2D eigenvalue weighted by molar-refractivity contribution is 6.02. The number of hydrogen-bond acceptors (Lipinski definition) is 6. The molecule has 0 saturated carbocycles. The number of rotatable bonds is 9. The van der Waals surface area contributed by atoms with Crippen LogP contribution in [0, 0.1) is 0 Å². The molecular weight excluding hydrogens is 386 g/mol. The van der Waals surface area contributed by atoms with Crippen molar-refractivity contribution in [3.05, 3.63) is 59.7 Å². The van der Waals surface area contributed by atoms with Crippen molar-refractivity contribution >= 4 is 23.6 Å². The lowest BCUT2D eigenvalue weighted by Crippen LogP contribution is -2.34. The molecule has 0 aliphatic heterocycles. The fraction of sp³-hybridized carbons (Fsp3) is 0.227. The summed E-state index contributed by atoms with van der Waals surface area (Å²) in [6.07, 6.45) is 3.00. The quantitative estimate of drug-likeness (QED) is 0.375. The van der Waals surface area contributed by atoms with E-state index in [0.29, 0.717) is 22.8 Å². The van der Waals surface area contributed by atoms with Crippen molar-refractivity contribution in [3.63, 3.8) is 0 Å².